The summed E-state index contributed by atoms with van der Waals surface area (Å²) in [6, 6.07) is 75.8. The molecule has 0 aromatic heterocycles. The summed E-state index contributed by atoms with van der Waals surface area (Å²) in [6.07, 6.45) is 0. The van der Waals surface area contributed by atoms with E-state index < -0.39 is 0 Å². The highest BCUT2D eigenvalue weighted by Gasteiger charge is 2.18. The molecule has 0 unspecified atom stereocenters. The topological polar surface area (TPSA) is 47.8 Å². The Bertz CT molecular complexity index is 2130. The highest BCUT2D eigenvalue weighted by atomic mass is 15.2. The number of hydrogen-bond acceptors (Lipinski definition) is 5. The molecule has 0 atom stereocenters. The van der Waals surface area contributed by atoms with E-state index in [0.717, 1.165) is 68.2 Å². The molecule has 8 rings (SSSR count). The molecule has 0 saturated carbocycles. The largest absolute Gasteiger partial charge is 0.399 e. The van der Waals surface area contributed by atoms with Gasteiger partial charge in [-0.1, -0.05) is 72.8 Å². The van der Waals surface area contributed by atoms with Crippen molar-refractivity contribution in [1.82, 2.24) is 0 Å². The van der Waals surface area contributed by atoms with Crippen molar-refractivity contribution in [2.24, 2.45) is 0 Å². The van der Waals surface area contributed by atoms with Gasteiger partial charge in [-0.15, -0.1) is 0 Å². The summed E-state index contributed by atoms with van der Waals surface area (Å²) >= 11 is 0. The summed E-state index contributed by atoms with van der Waals surface area (Å²) in [5, 5.41) is 3.49. The first-order chi connectivity index (χ1) is 26.2. The predicted molar refractivity (Wildman–Crippen MR) is 225 cm³/mol. The predicted octanol–water partition coefficient (Wildman–Crippen LogP) is 13.4. The van der Waals surface area contributed by atoms with Crippen LogP contribution in [0.3, 0.4) is 0 Å². The van der Waals surface area contributed by atoms with Crippen LogP contribution in [-0.2, 0) is 0 Å². The zero-order valence-electron chi connectivity index (χ0n) is 29.2. The Morgan fingerprint density at radius 3 is 0.717 bits per heavy atom. The molecular weight excluding hydrogens is 647 g/mol. The molecule has 0 bridgehead atoms. The van der Waals surface area contributed by atoms with Crippen LogP contribution in [0.4, 0.5) is 68.2 Å². The van der Waals surface area contributed by atoms with Gasteiger partial charge in [0, 0.05) is 68.2 Å². The number of hydrogen-bond donors (Lipinski definition) is 2. The number of nitrogens with one attached hydrogen (secondary N) is 1. The van der Waals surface area contributed by atoms with Crippen LogP contribution in [0.5, 0.6) is 0 Å². The Hall–Kier alpha value is -7.24. The summed E-state index contributed by atoms with van der Waals surface area (Å²) in [7, 11) is 0. The van der Waals surface area contributed by atoms with Crippen molar-refractivity contribution in [2.75, 3.05) is 25.8 Å². The molecule has 0 spiro atoms. The van der Waals surface area contributed by atoms with E-state index in [-0.39, 0.29) is 0 Å². The molecule has 0 radical (unpaired) electrons. The molecule has 0 aliphatic heterocycles. The Labute approximate surface area is 311 Å². The van der Waals surface area contributed by atoms with Gasteiger partial charge in [0.05, 0.1) is 0 Å². The van der Waals surface area contributed by atoms with E-state index >= 15 is 0 Å². The van der Waals surface area contributed by atoms with Crippen LogP contribution < -0.4 is 25.8 Å². The number of nitrogens with two attached hydrogens (primary N) is 1. The van der Waals surface area contributed by atoms with E-state index in [4.69, 9.17) is 5.73 Å². The summed E-state index contributed by atoms with van der Waals surface area (Å²) in [4.78, 5) is 6.86. The van der Waals surface area contributed by atoms with Gasteiger partial charge in [-0.25, -0.2) is 0 Å². The average Bonchev–Trinajstić information content (AvgIpc) is 3.22. The molecule has 8 aromatic carbocycles. The first-order valence-electron chi connectivity index (χ1n) is 17.7. The van der Waals surface area contributed by atoms with Gasteiger partial charge >= 0.3 is 0 Å². The molecule has 256 valence electrons. The van der Waals surface area contributed by atoms with E-state index in [9.17, 15) is 0 Å². The zero-order chi connectivity index (χ0) is 35.8. The molecule has 0 saturated heterocycles. The van der Waals surface area contributed by atoms with Crippen molar-refractivity contribution in [3.63, 3.8) is 0 Å². The number of rotatable bonds is 11. The molecule has 0 heterocycles. The van der Waals surface area contributed by atoms with Crippen LogP contribution in [0.15, 0.2) is 218 Å². The smallest absolute Gasteiger partial charge is 0.0463 e. The maximum absolute atomic E-state index is 5.92. The molecule has 0 aliphatic rings. The van der Waals surface area contributed by atoms with E-state index in [1.54, 1.807) is 0 Å². The van der Waals surface area contributed by atoms with Crippen molar-refractivity contribution in [3.05, 3.63) is 218 Å². The first-order valence-corrected chi connectivity index (χ1v) is 17.7. The van der Waals surface area contributed by atoms with Crippen LogP contribution in [0.1, 0.15) is 0 Å². The summed E-state index contributed by atoms with van der Waals surface area (Å²) in [5.41, 5.74) is 18.3. The zero-order valence-corrected chi connectivity index (χ0v) is 29.2. The number of anilines is 12. The van der Waals surface area contributed by atoms with Crippen molar-refractivity contribution in [3.8, 4) is 0 Å². The van der Waals surface area contributed by atoms with Crippen LogP contribution in [0, 0.1) is 0 Å². The van der Waals surface area contributed by atoms with E-state index in [1.807, 2.05) is 48.5 Å². The molecule has 0 fully saturated rings. The fourth-order valence-corrected chi connectivity index (χ4v) is 6.58. The third kappa shape index (κ3) is 7.46. The van der Waals surface area contributed by atoms with Gasteiger partial charge in [-0.3, -0.25) is 0 Å². The van der Waals surface area contributed by atoms with Gasteiger partial charge < -0.3 is 25.8 Å². The molecule has 5 nitrogen and oxygen atoms in total. The minimum atomic E-state index is 0.741. The highest BCUT2D eigenvalue weighted by molar-refractivity contribution is 5.83. The number of benzene rings is 8. The Balaban J connectivity index is 1.17. The maximum atomic E-state index is 5.92. The molecule has 53 heavy (non-hydrogen) atoms. The lowest BCUT2D eigenvalue weighted by atomic mass is 10.1. The SMILES string of the molecule is Nc1ccc(Nc2ccc(N(c3ccc(N(c4ccccc4)c4ccccc4)cc3)c3ccc(N(c4ccccc4)c4ccccc4)cc3)cc2)cc1. The van der Waals surface area contributed by atoms with Crippen molar-refractivity contribution >= 4 is 68.2 Å². The van der Waals surface area contributed by atoms with Gasteiger partial charge in [-0.05, 0) is 146 Å². The molecular formula is C48H39N5. The standard InChI is InChI=1S/C48H39N5/c49-37-21-23-38(24-22-37)50-39-25-27-44(28-26-39)53(47-33-29-45(30-34-47)51(40-13-5-1-6-14-40)41-15-7-2-8-16-41)48-35-31-46(32-36-48)52(42-17-9-3-10-18-42)43-19-11-4-12-20-43/h1-36,50H,49H2. The van der Waals surface area contributed by atoms with Gasteiger partial charge in [-0.2, -0.15) is 0 Å². The average molecular weight is 686 g/mol. The van der Waals surface area contributed by atoms with Crippen molar-refractivity contribution in [1.29, 1.82) is 0 Å². The first kappa shape index (κ1) is 32.9. The third-order valence-corrected chi connectivity index (χ3v) is 9.11. The van der Waals surface area contributed by atoms with Crippen LogP contribution in [-0.4, -0.2) is 0 Å². The van der Waals surface area contributed by atoms with Gasteiger partial charge in [0.25, 0.3) is 0 Å². The minimum absolute atomic E-state index is 0.741. The Morgan fingerprint density at radius 1 is 0.245 bits per heavy atom. The third-order valence-electron chi connectivity index (χ3n) is 9.11. The molecule has 0 aliphatic carbocycles. The second-order valence-electron chi connectivity index (χ2n) is 12.7. The van der Waals surface area contributed by atoms with E-state index in [0.29, 0.717) is 0 Å². The monoisotopic (exact) mass is 685 g/mol. The van der Waals surface area contributed by atoms with Crippen molar-refractivity contribution < 1.29 is 0 Å². The summed E-state index contributed by atoms with van der Waals surface area (Å²) < 4.78 is 0. The lowest BCUT2D eigenvalue weighted by molar-refractivity contribution is 1.24. The molecule has 8 aromatic rings. The van der Waals surface area contributed by atoms with Gasteiger partial charge in [0.2, 0.25) is 0 Å². The minimum Gasteiger partial charge on any atom is -0.399 e. The summed E-state index contributed by atoms with van der Waals surface area (Å²) in [5.74, 6) is 0. The fraction of sp³-hybridized carbons (Fsp3) is 0. The van der Waals surface area contributed by atoms with Crippen molar-refractivity contribution in [2.45, 2.75) is 0 Å². The number of para-hydroxylation sites is 4. The quantitative estimate of drug-likeness (QED) is 0.133. The van der Waals surface area contributed by atoms with E-state index in [1.165, 1.54) is 0 Å². The number of nitrogens with zero attached hydrogens (tertiary/aromatic N) is 3. The molecule has 3 N–H and O–H groups in total. The van der Waals surface area contributed by atoms with Crippen LogP contribution in [0.25, 0.3) is 0 Å². The maximum Gasteiger partial charge on any atom is 0.0463 e. The van der Waals surface area contributed by atoms with E-state index in [2.05, 4.69) is 190 Å². The fourth-order valence-electron chi connectivity index (χ4n) is 6.58. The van der Waals surface area contributed by atoms with Crippen LogP contribution >= 0.6 is 0 Å². The Morgan fingerprint density at radius 2 is 0.453 bits per heavy atom. The number of nitrogen functional groups attached to an aromatic ring is 1. The highest BCUT2D eigenvalue weighted by Crippen LogP contribution is 2.41. The second-order valence-corrected chi connectivity index (χ2v) is 12.7. The Kier molecular flexibility index (Phi) is 9.53. The lowest BCUT2D eigenvalue weighted by Crippen LogP contribution is -2.13. The summed E-state index contributed by atoms with van der Waals surface area (Å²) in [6.45, 7) is 0. The lowest BCUT2D eigenvalue weighted by Gasteiger charge is -2.29. The molecule has 5 heteroatoms. The van der Waals surface area contributed by atoms with Gasteiger partial charge in [0.15, 0.2) is 0 Å². The van der Waals surface area contributed by atoms with Gasteiger partial charge in [0.1, 0.15) is 0 Å². The molecule has 0 amide bonds. The van der Waals surface area contributed by atoms with Crippen LogP contribution in [0.2, 0.25) is 0 Å². The normalized spacial score (nSPS) is 10.7. The second kappa shape index (κ2) is 15.3.